The summed E-state index contributed by atoms with van der Waals surface area (Å²) in [6.07, 6.45) is 0.610. The van der Waals surface area contributed by atoms with Crippen molar-refractivity contribution in [1.82, 2.24) is 0 Å². The van der Waals surface area contributed by atoms with Crippen molar-refractivity contribution in [2.45, 2.75) is 293 Å². The molecule has 1 aromatic carbocycles. The van der Waals surface area contributed by atoms with E-state index in [1.54, 1.807) is 0 Å². The highest BCUT2D eigenvalue weighted by atomic mass is 28.4. The largest absolute Gasteiger partial charge is 0.412 e. The number of hydrogen-bond acceptors (Lipinski definition) is 11. The molecule has 416 valence electrons. The molecule has 8 rings (SSSR count). The Hall–Kier alpha value is -0.859. The summed E-state index contributed by atoms with van der Waals surface area (Å²) in [5.41, 5.74) is 0.986. The Morgan fingerprint density at radius 1 is 0.671 bits per heavy atom. The van der Waals surface area contributed by atoms with Crippen LogP contribution < -0.4 is 0 Å². The lowest BCUT2D eigenvalue weighted by Gasteiger charge is -2.56. The molecule has 1 aliphatic carbocycles. The van der Waals surface area contributed by atoms with Gasteiger partial charge in [-0.25, -0.2) is 0 Å². The van der Waals surface area contributed by atoms with E-state index in [0.717, 1.165) is 18.4 Å². The Kier molecular flexibility index (Phi) is 17.0. The number of fused-ring (bicyclic) bond motifs is 4. The van der Waals surface area contributed by atoms with Crippen molar-refractivity contribution in [2.24, 2.45) is 23.7 Å². The topological polar surface area (TPSA) is 109 Å². The van der Waals surface area contributed by atoms with E-state index < -0.39 is 49.1 Å². The molecule has 18 atom stereocenters. The summed E-state index contributed by atoms with van der Waals surface area (Å²) in [5, 5.41) is 0.0640. The number of hydrogen-bond donors (Lipinski definition) is 0. The quantitative estimate of drug-likeness (QED) is 0.198. The van der Waals surface area contributed by atoms with Crippen molar-refractivity contribution in [3.05, 3.63) is 35.9 Å². The van der Waals surface area contributed by atoms with Gasteiger partial charge in [-0.2, -0.15) is 0 Å². The maximum Gasteiger partial charge on any atom is 0.200 e. The SMILES string of the molecule is CC(C)[Si](O[C@H]1[C@H](C)[C@H]2O[C@H]3CC(=O)C[C@H]4O[C@@](C)([C@H]5CCOC(c6ccccc6)O5)[C@H](O[Si](C)(C)C(C)(C)C)C[C@@H]4O[C@@H]3C[C@@H]2O[C@@H]2[C@@H](C)[C@H](C)[C@@]3(C[C@H](O[Si](C)(C)C(C)(C)C)CO3)C[C@H]21)(C(C)C)C(C)C. The van der Waals surface area contributed by atoms with E-state index >= 15 is 0 Å². The Morgan fingerprint density at radius 3 is 1.88 bits per heavy atom. The van der Waals surface area contributed by atoms with Gasteiger partial charge in [0.25, 0.3) is 0 Å². The molecule has 6 aliphatic heterocycles. The first-order valence-electron chi connectivity index (χ1n) is 29.0. The van der Waals surface area contributed by atoms with Gasteiger partial charge >= 0.3 is 0 Å². The van der Waals surface area contributed by atoms with E-state index in [-0.39, 0.29) is 113 Å². The minimum absolute atomic E-state index is 0.00372. The third-order valence-corrected chi connectivity index (χ3v) is 36.1. The van der Waals surface area contributed by atoms with E-state index in [1.807, 2.05) is 30.3 Å². The average Bonchev–Trinajstić information content (AvgIpc) is 3.65. The maximum absolute atomic E-state index is 14.6. The molecule has 1 unspecified atom stereocenters. The fraction of sp³-hybridized carbons (Fsp3) is 0.881. The Morgan fingerprint density at radius 2 is 1.26 bits per heavy atom. The smallest absolute Gasteiger partial charge is 0.200 e. The predicted molar refractivity (Wildman–Crippen MR) is 296 cm³/mol. The maximum atomic E-state index is 14.6. The monoisotopic (exact) mass is 1070 g/mol. The third-order valence-electron chi connectivity index (χ3n) is 21.0. The van der Waals surface area contributed by atoms with Crippen LogP contribution in [0.25, 0.3) is 0 Å². The van der Waals surface area contributed by atoms with Crippen molar-refractivity contribution in [2.75, 3.05) is 13.2 Å². The van der Waals surface area contributed by atoms with E-state index in [9.17, 15) is 4.79 Å². The summed E-state index contributed by atoms with van der Waals surface area (Å²) in [6, 6.07) is 10.1. The number of rotatable bonds is 11. The van der Waals surface area contributed by atoms with Gasteiger partial charge in [-0.15, -0.1) is 0 Å². The zero-order chi connectivity index (χ0) is 53.6. The molecular formula is C59H102O11Si3. The minimum atomic E-state index is -2.42. The van der Waals surface area contributed by atoms with Crippen LogP contribution in [0.4, 0.5) is 0 Å². The third kappa shape index (κ3) is 11.1. The van der Waals surface area contributed by atoms with Crippen LogP contribution in [-0.2, 0) is 51.2 Å². The molecular weight excluding hydrogens is 969 g/mol. The van der Waals surface area contributed by atoms with Gasteiger partial charge in [0.2, 0.25) is 8.32 Å². The fourth-order valence-corrected chi connectivity index (χ4v) is 23.0. The Bertz CT molecular complexity index is 2020. The molecule has 6 heterocycles. The summed E-state index contributed by atoms with van der Waals surface area (Å²) in [5.74, 6) is 0.634. The van der Waals surface area contributed by atoms with Crippen molar-refractivity contribution >= 4 is 30.7 Å². The fourth-order valence-electron chi connectivity index (χ4n) is 14.6. The van der Waals surface area contributed by atoms with Crippen LogP contribution in [0.15, 0.2) is 30.3 Å². The van der Waals surface area contributed by atoms with Gasteiger partial charge in [0.1, 0.15) is 11.4 Å². The van der Waals surface area contributed by atoms with E-state index in [0.29, 0.717) is 49.1 Å². The molecule has 1 aromatic rings. The summed E-state index contributed by atoms with van der Waals surface area (Å²) >= 11 is 0. The second-order valence-electron chi connectivity index (χ2n) is 28.5. The standard InChI is InChI=1S/C59H102O11Si3/c1-35(2)73(36(3)4,37(5)6)70-53-39(8)54-49(65-52-38(7)40(9)59(33-44(52)53)32-43(34-62-59)68-71(17,18)56(10,11)12)30-46-45(64-54)28-42(60)29-48-47(63-46)31-51(69-72(19,20)57(13,14)15)58(16,67-48)50-26-27-61-55(66-50)41-24-22-21-23-25-41/h21-25,35-40,43-55H,26-34H2,1-20H3/t38-,39-,40-,43-,44+,45-,46+,47-,48+,49-,50+,51+,52+,53-,54+,55?,58-,59+/m0/s1. The van der Waals surface area contributed by atoms with Gasteiger partial charge in [-0.05, 0) is 78.1 Å². The van der Waals surface area contributed by atoms with Crippen LogP contribution in [-0.4, -0.2) is 122 Å². The molecule has 7 aliphatic rings. The first kappa shape index (κ1) is 58.3. The first-order chi connectivity index (χ1) is 33.8. The number of Topliss-reactive ketones (excluding diaryl/α,β-unsaturated/α-hetero) is 1. The lowest BCUT2D eigenvalue weighted by molar-refractivity contribution is -0.321. The molecule has 0 N–H and O–H groups in total. The highest BCUT2D eigenvalue weighted by molar-refractivity contribution is 6.77. The van der Waals surface area contributed by atoms with Crippen molar-refractivity contribution in [1.29, 1.82) is 0 Å². The highest BCUT2D eigenvalue weighted by Gasteiger charge is 2.64. The number of carbonyl (C=O) groups is 1. The molecule has 0 bridgehead atoms. The molecule has 0 amide bonds. The summed E-state index contributed by atoms with van der Waals surface area (Å²) in [6.45, 7) is 48.0. The van der Waals surface area contributed by atoms with Crippen LogP contribution in [0.2, 0.25) is 52.9 Å². The number of ketones is 1. The summed E-state index contributed by atoms with van der Waals surface area (Å²) < 4.78 is 73.0. The van der Waals surface area contributed by atoms with Gasteiger partial charge < -0.3 is 46.4 Å². The van der Waals surface area contributed by atoms with Crippen molar-refractivity contribution < 1.29 is 51.2 Å². The molecule has 14 heteroatoms. The van der Waals surface area contributed by atoms with Crippen molar-refractivity contribution in [3.8, 4) is 0 Å². The second kappa shape index (κ2) is 21.3. The molecule has 0 aromatic heterocycles. The van der Waals surface area contributed by atoms with Gasteiger partial charge in [0.05, 0.1) is 86.0 Å². The predicted octanol–water partition coefficient (Wildman–Crippen LogP) is 13.5. The van der Waals surface area contributed by atoms with Gasteiger partial charge in [-0.1, -0.05) is 134 Å². The molecule has 6 saturated heterocycles. The highest BCUT2D eigenvalue weighted by Crippen LogP contribution is 2.57. The number of carbonyl (C=O) groups excluding carboxylic acids is 1. The molecule has 73 heavy (non-hydrogen) atoms. The van der Waals surface area contributed by atoms with Crippen molar-refractivity contribution in [3.63, 3.8) is 0 Å². The van der Waals surface area contributed by atoms with E-state index in [4.69, 9.17) is 46.4 Å². The Balaban J connectivity index is 1.11. The first-order valence-corrected chi connectivity index (χ1v) is 36.9. The van der Waals surface area contributed by atoms with Crippen LogP contribution in [0.1, 0.15) is 168 Å². The summed E-state index contributed by atoms with van der Waals surface area (Å²) in [7, 11) is -6.81. The van der Waals surface area contributed by atoms with Crippen LogP contribution >= 0.6 is 0 Å². The van der Waals surface area contributed by atoms with Gasteiger partial charge in [0.15, 0.2) is 22.9 Å². The van der Waals surface area contributed by atoms with Gasteiger partial charge in [0, 0.05) is 55.9 Å². The van der Waals surface area contributed by atoms with Gasteiger partial charge in [-0.3, -0.25) is 4.79 Å². The second-order valence-corrected chi connectivity index (χ2v) is 43.4. The number of benzene rings is 1. The summed E-state index contributed by atoms with van der Waals surface area (Å²) in [4.78, 5) is 14.6. The normalized spacial score (nSPS) is 41.2. The molecule has 1 spiro atoms. The number of ether oxygens (including phenoxy) is 7. The Labute approximate surface area is 446 Å². The van der Waals surface area contributed by atoms with Crippen LogP contribution in [0, 0.1) is 23.7 Å². The minimum Gasteiger partial charge on any atom is -0.412 e. The zero-order valence-electron chi connectivity index (χ0n) is 49.2. The average molecular weight is 1070 g/mol. The molecule has 11 nitrogen and oxygen atoms in total. The molecule has 7 fully saturated rings. The van der Waals surface area contributed by atoms with Crippen LogP contribution in [0.3, 0.4) is 0 Å². The lowest BCUT2D eigenvalue weighted by Crippen LogP contribution is -2.67. The lowest BCUT2D eigenvalue weighted by atomic mass is 9.61. The van der Waals surface area contributed by atoms with E-state index in [1.165, 1.54) is 0 Å². The van der Waals surface area contributed by atoms with E-state index in [2.05, 4.69) is 137 Å². The molecule has 0 radical (unpaired) electrons. The van der Waals surface area contributed by atoms with Crippen LogP contribution in [0.5, 0.6) is 0 Å². The molecule has 1 saturated carbocycles. The zero-order valence-corrected chi connectivity index (χ0v) is 52.2.